The fraction of sp³-hybridized carbons (Fsp3) is 0.383. The third-order valence-corrected chi connectivity index (χ3v) is 9.48. The molecule has 0 radical (unpaired) electrons. The number of nitrogens with zero attached hydrogens (tertiary/aromatic N) is 3. The molecule has 0 fully saturated rings. The van der Waals surface area contributed by atoms with Crippen molar-refractivity contribution in [3.63, 3.8) is 0 Å². The van der Waals surface area contributed by atoms with E-state index in [9.17, 15) is 24.0 Å². The number of benzene rings is 4. The van der Waals surface area contributed by atoms with E-state index < -0.39 is 24.4 Å². The van der Waals surface area contributed by atoms with E-state index in [0.717, 1.165) is 22.3 Å². The number of amides is 4. The van der Waals surface area contributed by atoms with Crippen molar-refractivity contribution < 1.29 is 47.7 Å². The number of hydrogen-bond donors (Lipinski definition) is 1. The minimum Gasteiger partial charge on any atom is -0.469 e. The van der Waals surface area contributed by atoms with Crippen LogP contribution in [0.15, 0.2) is 121 Å². The molecule has 0 heterocycles. The quantitative estimate of drug-likeness (QED) is 0.0392. The van der Waals surface area contributed by atoms with Gasteiger partial charge >= 0.3 is 30.3 Å². The first-order valence-electron chi connectivity index (χ1n) is 20.7. The second-order valence-electron chi connectivity index (χ2n) is 14.2. The van der Waals surface area contributed by atoms with Gasteiger partial charge in [0.05, 0.1) is 7.11 Å². The molecule has 14 heteroatoms. The van der Waals surface area contributed by atoms with Crippen molar-refractivity contribution in [3.05, 3.63) is 144 Å². The normalized spacial score (nSPS) is 10.5. The van der Waals surface area contributed by atoms with E-state index in [4.69, 9.17) is 23.7 Å². The number of alkyl carbamates (subject to hydrolysis) is 1. The molecule has 61 heavy (non-hydrogen) atoms. The van der Waals surface area contributed by atoms with Crippen molar-refractivity contribution in [2.45, 2.75) is 65.0 Å². The lowest BCUT2D eigenvalue weighted by molar-refractivity contribution is -0.140. The van der Waals surface area contributed by atoms with Gasteiger partial charge in [0.2, 0.25) is 0 Å². The monoisotopic (exact) mass is 838 g/mol. The molecular formula is C47H58N4O10. The molecule has 4 amide bonds. The molecule has 0 bridgehead atoms. The summed E-state index contributed by atoms with van der Waals surface area (Å²) >= 11 is 0. The smallest absolute Gasteiger partial charge is 0.410 e. The molecule has 14 nitrogen and oxygen atoms in total. The van der Waals surface area contributed by atoms with Gasteiger partial charge in [-0.1, -0.05) is 121 Å². The summed E-state index contributed by atoms with van der Waals surface area (Å²) < 4.78 is 27.0. The first kappa shape index (κ1) is 47.1. The Morgan fingerprint density at radius 1 is 0.426 bits per heavy atom. The first-order valence-corrected chi connectivity index (χ1v) is 20.7. The molecular weight excluding hydrogens is 781 g/mol. The van der Waals surface area contributed by atoms with Crippen molar-refractivity contribution in [1.82, 2.24) is 20.0 Å². The highest BCUT2D eigenvalue weighted by molar-refractivity contribution is 5.70. The SMILES string of the molecule is COC(=O)CCCN(CCCN(CCCCN(CCCNC(=O)OCc1ccccc1)C(=O)OCc1ccccc1)C(=O)OCc1ccccc1)C(=O)OCc1ccccc1. The van der Waals surface area contributed by atoms with Gasteiger partial charge in [-0.2, -0.15) is 0 Å². The zero-order valence-electron chi connectivity index (χ0n) is 35.0. The fourth-order valence-corrected chi connectivity index (χ4v) is 6.12. The Morgan fingerprint density at radius 3 is 1.13 bits per heavy atom. The van der Waals surface area contributed by atoms with E-state index in [1.165, 1.54) is 12.0 Å². The van der Waals surface area contributed by atoms with Gasteiger partial charge in [0.15, 0.2) is 0 Å². The van der Waals surface area contributed by atoms with Crippen molar-refractivity contribution >= 4 is 30.3 Å². The molecule has 0 aliphatic rings. The van der Waals surface area contributed by atoms with Gasteiger partial charge in [-0.05, 0) is 54.4 Å². The molecule has 0 aliphatic carbocycles. The Labute approximate surface area is 358 Å². The molecule has 4 aromatic carbocycles. The van der Waals surface area contributed by atoms with Gasteiger partial charge in [-0.15, -0.1) is 0 Å². The van der Waals surface area contributed by atoms with Crippen LogP contribution in [0.3, 0.4) is 0 Å². The molecule has 326 valence electrons. The van der Waals surface area contributed by atoms with Crippen LogP contribution in [0.2, 0.25) is 0 Å². The second kappa shape index (κ2) is 28.0. The Hall–Kier alpha value is -6.57. The van der Waals surface area contributed by atoms with Crippen LogP contribution in [0.5, 0.6) is 0 Å². The standard InChI is InChI=1S/C47H58N4O10/c1-57-43(52)27-16-31-51(47(56)61-38-42-25-12-5-13-26-42)34-18-33-50(46(55)60-37-41-23-10-4-11-24-41)30-15-14-29-49(45(54)59-36-40-21-8-3-9-22-40)32-17-28-48-44(53)58-35-39-19-6-2-7-20-39/h2-13,19-26H,14-18,27-38H2,1H3,(H,48,53). The molecule has 1 N–H and O–H groups in total. The minimum atomic E-state index is -0.547. The number of carbonyl (C=O) groups is 5. The van der Waals surface area contributed by atoms with Crippen LogP contribution in [-0.4, -0.2) is 98.0 Å². The van der Waals surface area contributed by atoms with E-state index in [1.807, 2.05) is 121 Å². The molecule has 0 aliphatic heterocycles. The number of rotatable bonds is 25. The maximum atomic E-state index is 13.5. The highest BCUT2D eigenvalue weighted by Crippen LogP contribution is 2.11. The summed E-state index contributed by atoms with van der Waals surface area (Å²) in [5.74, 6) is -0.371. The van der Waals surface area contributed by atoms with Gasteiger partial charge in [0, 0.05) is 52.2 Å². The summed E-state index contributed by atoms with van der Waals surface area (Å²) in [6.07, 6.45) is 0.426. The number of hydrogen-bond acceptors (Lipinski definition) is 10. The molecule has 0 aromatic heterocycles. The van der Waals surface area contributed by atoms with Crippen molar-refractivity contribution in [3.8, 4) is 0 Å². The van der Waals surface area contributed by atoms with E-state index in [2.05, 4.69) is 5.32 Å². The topological polar surface area (TPSA) is 153 Å². The predicted molar refractivity (Wildman–Crippen MR) is 229 cm³/mol. The Balaban J connectivity index is 1.33. The zero-order valence-corrected chi connectivity index (χ0v) is 35.0. The molecule has 0 atom stereocenters. The Kier molecular flexibility index (Phi) is 21.6. The van der Waals surface area contributed by atoms with Crippen LogP contribution in [0, 0.1) is 0 Å². The lowest BCUT2D eigenvalue weighted by atomic mass is 10.2. The van der Waals surface area contributed by atoms with Crippen molar-refractivity contribution in [1.29, 1.82) is 0 Å². The van der Waals surface area contributed by atoms with Crippen LogP contribution in [-0.2, 0) is 54.9 Å². The van der Waals surface area contributed by atoms with E-state index in [-0.39, 0.29) is 65.0 Å². The van der Waals surface area contributed by atoms with Crippen LogP contribution >= 0.6 is 0 Å². The highest BCUT2D eigenvalue weighted by Gasteiger charge is 2.21. The number of carbonyl (C=O) groups excluding carboxylic acids is 5. The largest absolute Gasteiger partial charge is 0.469 e. The minimum absolute atomic E-state index is 0.0938. The summed E-state index contributed by atoms with van der Waals surface area (Å²) in [6.45, 7) is 2.56. The fourth-order valence-electron chi connectivity index (χ4n) is 6.12. The Bertz CT molecular complexity index is 1870. The van der Waals surface area contributed by atoms with Gasteiger partial charge in [0.1, 0.15) is 26.4 Å². The third kappa shape index (κ3) is 19.4. The van der Waals surface area contributed by atoms with E-state index in [0.29, 0.717) is 51.7 Å². The third-order valence-electron chi connectivity index (χ3n) is 9.48. The van der Waals surface area contributed by atoms with Crippen LogP contribution in [0.4, 0.5) is 19.2 Å². The molecule has 0 spiro atoms. The number of nitrogens with one attached hydrogen (secondary N) is 1. The van der Waals surface area contributed by atoms with Gasteiger partial charge < -0.3 is 43.7 Å². The van der Waals surface area contributed by atoms with Gasteiger partial charge in [0.25, 0.3) is 0 Å². The summed E-state index contributed by atoms with van der Waals surface area (Å²) in [4.78, 5) is 68.9. The zero-order chi connectivity index (χ0) is 43.3. The summed E-state index contributed by atoms with van der Waals surface area (Å²) in [6, 6.07) is 37.5. The van der Waals surface area contributed by atoms with Crippen molar-refractivity contribution in [2.24, 2.45) is 0 Å². The van der Waals surface area contributed by atoms with Gasteiger partial charge in [-0.3, -0.25) is 4.79 Å². The van der Waals surface area contributed by atoms with E-state index >= 15 is 0 Å². The van der Waals surface area contributed by atoms with Crippen LogP contribution in [0.25, 0.3) is 0 Å². The maximum Gasteiger partial charge on any atom is 0.410 e. The highest BCUT2D eigenvalue weighted by atomic mass is 16.6. The van der Waals surface area contributed by atoms with Crippen LogP contribution < -0.4 is 5.32 Å². The second-order valence-corrected chi connectivity index (χ2v) is 14.2. The Morgan fingerprint density at radius 2 is 0.754 bits per heavy atom. The number of methoxy groups -OCH3 is 1. The van der Waals surface area contributed by atoms with E-state index in [1.54, 1.807) is 9.80 Å². The average molecular weight is 839 g/mol. The average Bonchev–Trinajstić information content (AvgIpc) is 3.30. The van der Waals surface area contributed by atoms with Gasteiger partial charge in [-0.25, -0.2) is 19.2 Å². The molecule has 4 rings (SSSR count). The van der Waals surface area contributed by atoms with Crippen molar-refractivity contribution in [2.75, 3.05) is 52.9 Å². The van der Waals surface area contributed by atoms with Crippen LogP contribution in [0.1, 0.15) is 60.8 Å². The molecule has 0 saturated carbocycles. The molecule has 0 unspecified atom stereocenters. The number of unbranched alkanes of at least 4 members (excludes halogenated alkanes) is 1. The predicted octanol–water partition coefficient (Wildman–Crippen LogP) is 8.34. The summed E-state index contributed by atoms with van der Waals surface area (Å²) in [5.41, 5.74) is 3.42. The number of ether oxygens (including phenoxy) is 5. The number of esters is 1. The molecule has 0 saturated heterocycles. The molecule has 4 aromatic rings. The summed E-state index contributed by atoms with van der Waals surface area (Å²) in [7, 11) is 1.32. The first-order chi connectivity index (χ1) is 29.8. The lowest BCUT2D eigenvalue weighted by Gasteiger charge is -2.26. The summed E-state index contributed by atoms with van der Waals surface area (Å²) in [5, 5.41) is 2.74. The lowest BCUT2D eigenvalue weighted by Crippen LogP contribution is -2.38. The maximum absolute atomic E-state index is 13.5.